The van der Waals surface area contributed by atoms with Gasteiger partial charge in [-0.3, -0.25) is 15.0 Å². The van der Waals surface area contributed by atoms with E-state index in [1.54, 1.807) is 31.4 Å². The van der Waals surface area contributed by atoms with E-state index in [1.807, 2.05) is 5.38 Å². The summed E-state index contributed by atoms with van der Waals surface area (Å²) in [6, 6.07) is 7.00. The van der Waals surface area contributed by atoms with Gasteiger partial charge in [-0.15, -0.1) is 11.3 Å². The second-order valence-electron chi connectivity index (χ2n) is 6.28. The molecule has 1 aromatic carbocycles. The first-order chi connectivity index (χ1) is 12.0. The summed E-state index contributed by atoms with van der Waals surface area (Å²) >= 11 is 1.44. The first-order valence-electron chi connectivity index (χ1n) is 8.31. The molecular weight excluding hydrogens is 338 g/mol. The highest BCUT2D eigenvalue weighted by atomic mass is 32.1. The van der Waals surface area contributed by atoms with E-state index in [1.165, 1.54) is 11.3 Å². The Labute approximate surface area is 151 Å². The van der Waals surface area contributed by atoms with Crippen LogP contribution in [0, 0.1) is 0 Å². The van der Waals surface area contributed by atoms with Crippen molar-refractivity contribution in [3.8, 4) is 5.75 Å². The van der Waals surface area contributed by atoms with Crippen LogP contribution in [0.1, 0.15) is 29.9 Å². The molecule has 1 N–H and O–H groups in total. The van der Waals surface area contributed by atoms with Crippen molar-refractivity contribution in [2.75, 3.05) is 25.5 Å². The molecule has 0 aliphatic carbocycles. The average molecular weight is 361 g/mol. The molecule has 0 saturated carbocycles. The molecule has 1 aromatic heterocycles. The number of hydrogen-bond acceptors (Lipinski definition) is 6. The Morgan fingerprint density at radius 2 is 2.00 bits per heavy atom. The molecule has 2 aromatic rings. The SMILES string of the molecule is COc1ccc(C(=O)Nc2nc(CN3CC(C)OC(C)C3)cs2)cc1. The first-order valence-corrected chi connectivity index (χ1v) is 9.19. The number of aromatic nitrogens is 1. The second kappa shape index (κ2) is 7.95. The Balaban J connectivity index is 1.58. The zero-order chi connectivity index (χ0) is 17.8. The molecule has 1 saturated heterocycles. The molecule has 134 valence electrons. The molecule has 1 fully saturated rings. The van der Waals surface area contributed by atoms with Crippen LogP contribution in [0.4, 0.5) is 5.13 Å². The Kier molecular flexibility index (Phi) is 5.67. The maximum Gasteiger partial charge on any atom is 0.257 e. The largest absolute Gasteiger partial charge is 0.497 e. The maximum absolute atomic E-state index is 12.3. The molecule has 2 atom stereocenters. The van der Waals surface area contributed by atoms with E-state index in [9.17, 15) is 4.79 Å². The van der Waals surface area contributed by atoms with Crippen LogP contribution in [0.5, 0.6) is 5.75 Å². The maximum atomic E-state index is 12.3. The van der Waals surface area contributed by atoms with E-state index < -0.39 is 0 Å². The van der Waals surface area contributed by atoms with E-state index >= 15 is 0 Å². The van der Waals surface area contributed by atoms with Gasteiger partial charge in [-0.2, -0.15) is 0 Å². The van der Waals surface area contributed by atoms with Crippen molar-refractivity contribution < 1.29 is 14.3 Å². The summed E-state index contributed by atoms with van der Waals surface area (Å²) in [6.45, 7) is 6.74. The van der Waals surface area contributed by atoms with Crippen LogP contribution < -0.4 is 10.1 Å². The van der Waals surface area contributed by atoms with Gasteiger partial charge in [-0.05, 0) is 38.1 Å². The van der Waals surface area contributed by atoms with Crippen LogP contribution in [-0.2, 0) is 11.3 Å². The summed E-state index contributed by atoms with van der Waals surface area (Å²) < 4.78 is 10.9. The number of thiazole rings is 1. The van der Waals surface area contributed by atoms with Crippen molar-refractivity contribution in [2.24, 2.45) is 0 Å². The monoisotopic (exact) mass is 361 g/mol. The lowest BCUT2D eigenvalue weighted by atomic mass is 10.2. The van der Waals surface area contributed by atoms with Gasteiger partial charge in [-0.25, -0.2) is 4.98 Å². The van der Waals surface area contributed by atoms with E-state index in [0.717, 1.165) is 31.1 Å². The third-order valence-electron chi connectivity index (χ3n) is 4.01. The average Bonchev–Trinajstić information content (AvgIpc) is 3.00. The molecule has 7 heteroatoms. The molecule has 2 heterocycles. The number of rotatable bonds is 5. The number of carbonyl (C=O) groups excluding carboxylic acids is 1. The normalized spacial score (nSPS) is 21.1. The van der Waals surface area contributed by atoms with Crippen molar-refractivity contribution in [3.05, 3.63) is 40.9 Å². The van der Waals surface area contributed by atoms with Gasteiger partial charge in [0, 0.05) is 30.6 Å². The highest BCUT2D eigenvalue weighted by Crippen LogP contribution is 2.20. The van der Waals surface area contributed by atoms with E-state index in [4.69, 9.17) is 9.47 Å². The number of benzene rings is 1. The number of hydrogen-bond donors (Lipinski definition) is 1. The smallest absolute Gasteiger partial charge is 0.257 e. The van der Waals surface area contributed by atoms with Gasteiger partial charge in [-0.1, -0.05) is 0 Å². The van der Waals surface area contributed by atoms with E-state index in [0.29, 0.717) is 10.7 Å². The van der Waals surface area contributed by atoms with Gasteiger partial charge >= 0.3 is 0 Å². The fraction of sp³-hybridized carbons (Fsp3) is 0.444. The molecule has 0 spiro atoms. The predicted molar refractivity (Wildman–Crippen MR) is 98.3 cm³/mol. The standard InChI is InChI=1S/C18H23N3O3S/c1-12-8-21(9-13(2)24-12)10-15-11-25-18(19-15)20-17(22)14-4-6-16(23-3)7-5-14/h4-7,11-13H,8-10H2,1-3H3,(H,19,20,22). The van der Waals surface area contributed by atoms with E-state index in [2.05, 4.69) is 29.0 Å². The van der Waals surface area contributed by atoms with Crippen molar-refractivity contribution in [1.29, 1.82) is 0 Å². The molecule has 0 bridgehead atoms. The molecule has 1 aliphatic heterocycles. The van der Waals surface area contributed by atoms with Crippen LogP contribution in [-0.4, -0.2) is 48.2 Å². The van der Waals surface area contributed by atoms with Crippen LogP contribution in [0.3, 0.4) is 0 Å². The number of ether oxygens (including phenoxy) is 2. The highest BCUT2D eigenvalue weighted by molar-refractivity contribution is 7.13. The highest BCUT2D eigenvalue weighted by Gasteiger charge is 2.22. The minimum Gasteiger partial charge on any atom is -0.497 e. The summed E-state index contributed by atoms with van der Waals surface area (Å²) in [4.78, 5) is 19.2. The number of morpholine rings is 1. The zero-order valence-electron chi connectivity index (χ0n) is 14.7. The Morgan fingerprint density at radius 3 is 2.64 bits per heavy atom. The Hall–Kier alpha value is -1.96. The number of carbonyl (C=O) groups is 1. The predicted octanol–water partition coefficient (Wildman–Crippen LogP) is 3.01. The molecule has 2 unspecified atom stereocenters. The van der Waals surface area contributed by atoms with Gasteiger partial charge in [0.15, 0.2) is 5.13 Å². The summed E-state index contributed by atoms with van der Waals surface area (Å²) in [6.07, 6.45) is 0.466. The molecule has 1 aliphatic rings. The molecule has 25 heavy (non-hydrogen) atoms. The van der Waals surface area contributed by atoms with Gasteiger partial charge in [0.25, 0.3) is 5.91 Å². The summed E-state index contributed by atoms with van der Waals surface area (Å²) in [5, 5.41) is 5.47. The fourth-order valence-electron chi connectivity index (χ4n) is 2.99. The second-order valence-corrected chi connectivity index (χ2v) is 7.14. The first kappa shape index (κ1) is 17.8. The van der Waals surface area contributed by atoms with Crippen LogP contribution in [0.25, 0.3) is 0 Å². The van der Waals surface area contributed by atoms with Gasteiger partial charge in [0.1, 0.15) is 5.75 Å². The Bertz CT molecular complexity index is 707. The zero-order valence-corrected chi connectivity index (χ0v) is 15.5. The number of amides is 1. The molecule has 6 nitrogen and oxygen atoms in total. The van der Waals surface area contributed by atoms with Gasteiger partial charge < -0.3 is 9.47 Å². The quantitative estimate of drug-likeness (QED) is 0.887. The molecule has 0 radical (unpaired) electrons. The summed E-state index contributed by atoms with van der Waals surface area (Å²) in [5.74, 6) is 0.555. The number of methoxy groups -OCH3 is 1. The van der Waals surface area contributed by atoms with Crippen molar-refractivity contribution in [2.45, 2.75) is 32.6 Å². The third-order valence-corrected chi connectivity index (χ3v) is 4.81. The van der Waals surface area contributed by atoms with Gasteiger partial charge in [0.05, 0.1) is 25.0 Å². The topological polar surface area (TPSA) is 63.7 Å². The van der Waals surface area contributed by atoms with Crippen LogP contribution >= 0.6 is 11.3 Å². The molecule has 1 amide bonds. The minimum atomic E-state index is -0.169. The number of nitrogens with one attached hydrogen (secondary N) is 1. The van der Waals surface area contributed by atoms with Crippen molar-refractivity contribution in [3.63, 3.8) is 0 Å². The number of anilines is 1. The van der Waals surface area contributed by atoms with Crippen LogP contribution in [0.2, 0.25) is 0 Å². The van der Waals surface area contributed by atoms with Crippen molar-refractivity contribution in [1.82, 2.24) is 9.88 Å². The molecule has 3 rings (SSSR count). The van der Waals surface area contributed by atoms with E-state index in [-0.39, 0.29) is 18.1 Å². The summed E-state index contributed by atoms with van der Waals surface area (Å²) in [5.41, 5.74) is 1.55. The fourth-order valence-corrected chi connectivity index (χ4v) is 3.69. The molecular formula is C18H23N3O3S. The Morgan fingerprint density at radius 1 is 1.32 bits per heavy atom. The number of nitrogens with zero attached hydrogens (tertiary/aromatic N) is 2. The minimum absolute atomic E-state index is 0.169. The van der Waals surface area contributed by atoms with Gasteiger partial charge in [0.2, 0.25) is 0 Å². The lowest BCUT2D eigenvalue weighted by molar-refractivity contribution is -0.0707. The van der Waals surface area contributed by atoms with Crippen molar-refractivity contribution >= 4 is 22.4 Å². The lowest BCUT2D eigenvalue weighted by Crippen LogP contribution is -2.44. The summed E-state index contributed by atoms with van der Waals surface area (Å²) in [7, 11) is 1.60. The van der Waals surface area contributed by atoms with Crippen LogP contribution in [0.15, 0.2) is 29.6 Å². The lowest BCUT2D eigenvalue weighted by Gasteiger charge is -2.34. The third kappa shape index (κ3) is 4.78.